The zero-order valence-corrected chi connectivity index (χ0v) is 12.6. The van der Waals surface area contributed by atoms with Crippen LogP contribution in [0.3, 0.4) is 0 Å². The molecule has 0 spiro atoms. The fourth-order valence-electron chi connectivity index (χ4n) is 0. The Morgan fingerprint density at radius 2 is 1.08 bits per heavy atom. The number of carbonyl (C=O) groups is 1. The Morgan fingerprint density at radius 3 is 1.08 bits per heavy atom. The summed E-state index contributed by atoms with van der Waals surface area (Å²) in [4.78, 5) is 8.33. The van der Waals surface area contributed by atoms with E-state index in [1.54, 1.807) is 0 Å². The standard InChI is InChI=1S/CH2O3.Ca.Mg.Na.H2O4S/c2-1(3)4;;;;1-5(2,3)4/h(H2,2,3,4);;;;(H2,1,2,3,4)/q;2*+2;+1;/p-4. The van der Waals surface area contributed by atoms with Gasteiger partial charge in [-0.3, -0.25) is 8.42 Å². The minimum atomic E-state index is -5.17. The second-order valence-corrected chi connectivity index (χ2v) is 1.47. The maximum atomic E-state index is 8.52. The van der Waals surface area contributed by atoms with Gasteiger partial charge >= 0.3 is 90.3 Å². The van der Waals surface area contributed by atoms with Gasteiger partial charge in [-0.15, -0.1) is 0 Å². The smallest absolute Gasteiger partial charge is 0.759 e. The monoisotopic (exact) mass is 243 g/mol. The Morgan fingerprint density at radius 1 is 1.08 bits per heavy atom. The van der Waals surface area contributed by atoms with Crippen molar-refractivity contribution in [3.63, 3.8) is 0 Å². The average Bonchev–Trinajstić information content (AvgIpc) is 1.19. The molecular formula is CCaMgNaO7S+. The summed E-state index contributed by atoms with van der Waals surface area (Å²) in [5, 5.41) is 16.7. The molecule has 12 heavy (non-hydrogen) atoms. The fourth-order valence-corrected chi connectivity index (χ4v) is 0. The predicted octanol–water partition coefficient (Wildman–Crippen LogP) is -7.54. The first-order valence-electron chi connectivity index (χ1n) is 1.28. The van der Waals surface area contributed by atoms with E-state index in [-0.39, 0.29) is 90.3 Å². The third kappa shape index (κ3) is 323. The molecule has 0 radical (unpaired) electrons. The minimum absolute atomic E-state index is 0. The minimum Gasteiger partial charge on any atom is -0.759 e. The van der Waals surface area contributed by atoms with Crippen molar-refractivity contribution in [3.05, 3.63) is 0 Å². The zero-order chi connectivity index (χ0) is 8.08. The van der Waals surface area contributed by atoms with E-state index < -0.39 is 16.6 Å². The summed E-state index contributed by atoms with van der Waals surface area (Å²) < 4.78 is 34.1. The molecule has 0 saturated carbocycles. The molecule has 0 aromatic carbocycles. The second kappa shape index (κ2) is 15.6. The van der Waals surface area contributed by atoms with Gasteiger partial charge in [-0.05, 0) is 6.16 Å². The first kappa shape index (κ1) is 29.2. The van der Waals surface area contributed by atoms with E-state index in [4.69, 9.17) is 32.5 Å². The molecule has 0 fully saturated rings. The van der Waals surface area contributed by atoms with E-state index in [2.05, 4.69) is 0 Å². The molecule has 0 unspecified atom stereocenters. The van der Waals surface area contributed by atoms with E-state index >= 15 is 0 Å². The Balaban J connectivity index is -0.0000000221. The maximum Gasteiger partial charge on any atom is 2.00 e. The molecule has 0 bridgehead atoms. The van der Waals surface area contributed by atoms with E-state index in [0.717, 1.165) is 0 Å². The molecule has 0 aliphatic rings. The van der Waals surface area contributed by atoms with Crippen molar-refractivity contribution in [2.45, 2.75) is 0 Å². The normalized spacial score (nSPS) is 6.83. The SMILES string of the molecule is O=C([O-])[O-].O=S(=O)([O-])[O-].[Ca+2].[Mg+2].[Na+]. The van der Waals surface area contributed by atoms with Gasteiger partial charge in [0.2, 0.25) is 0 Å². The van der Waals surface area contributed by atoms with E-state index in [1.807, 2.05) is 0 Å². The molecule has 0 aromatic rings. The molecule has 0 aromatic heterocycles. The fraction of sp³-hybridized carbons (Fsp3) is 0. The molecule has 0 saturated heterocycles. The molecule has 11 heteroatoms. The quantitative estimate of drug-likeness (QED) is 0.233. The van der Waals surface area contributed by atoms with Crippen LogP contribution in [0, 0.1) is 0 Å². The van der Waals surface area contributed by atoms with Gasteiger partial charge in [0.1, 0.15) is 0 Å². The third-order valence-electron chi connectivity index (χ3n) is 0. The molecule has 0 N–H and O–H groups in total. The van der Waals surface area contributed by atoms with Crippen molar-refractivity contribution < 1.29 is 62.1 Å². The van der Waals surface area contributed by atoms with Crippen LogP contribution in [0.4, 0.5) is 4.79 Å². The van der Waals surface area contributed by atoms with Crippen LogP contribution in [-0.4, -0.2) is 84.5 Å². The van der Waals surface area contributed by atoms with Crippen LogP contribution < -0.4 is 39.8 Å². The summed E-state index contributed by atoms with van der Waals surface area (Å²) in [6.45, 7) is 0. The molecule has 0 rings (SSSR count). The summed E-state index contributed by atoms with van der Waals surface area (Å²) in [5.74, 6) is 0. The van der Waals surface area contributed by atoms with Gasteiger partial charge in [-0.25, -0.2) is 0 Å². The first-order chi connectivity index (χ1) is 3.73. The summed E-state index contributed by atoms with van der Waals surface area (Å²) in [5.41, 5.74) is 0. The van der Waals surface area contributed by atoms with Crippen molar-refractivity contribution in [1.82, 2.24) is 0 Å². The van der Waals surface area contributed by atoms with Crippen molar-refractivity contribution in [2.75, 3.05) is 0 Å². The van der Waals surface area contributed by atoms with E-state index in [0.29, 0.717) is 0 Å². The molecule has 0 atom stereocenters. The molecule has 0 heterocycles. The number of hydrogen-bond donors (Lipinski definition) is 0. The van der Waals surface area contributed by atoms with Crippen molar-refractivity contribution in [3.8, 4) is 0 Å². The number of hydrogen-bond acceptors (Lipinski definition) is 7. The largest absolute Gasteiger partial charge is 2.00 e. The van der Waals surface area contributed by atoms with E-state index in [1.165, 1.54) is 0 Å². The van der Waals surface area contributed by atoms with E-state index in [9.17, 15) is 0 Å². The molecule has 0 aliphatic carbocycles. The van der Waals surface area contributed by atoms with Gasteiger partial charge in [0.25, 0.3) is 0 Å². The van der Waals surface area contributed by atoms with Crippen molar-refractivity contribution >= 4 is 77.3 Å². The molecule has 7 nitrogen and oxygen atoms in total. The molecule has 56 valence electrons. The van der Waals surface area contributed by atoms with Crippen LogP contribution in [-0.2, 0) is 10.4 Å². The van der Waals surface area contributed by atoms with Gasteiger partial charge in [0.05, 0.1) is 0 Å². The summed E-state index contributed by atoms with van der Waals surface area (Å²) in [7, 11) is -5.17. The number of carbonyl (C=O) groups excluding carboxylic acids is 1. The van der Waals surface area contributed by atoms with Gasteiger partial charge in [0.15, 0.2) is 0 Å². The first-order valence-corrected chi connectivity index (χ1v) is 2.61. The second-order valence-electron chi connectivity index (χ2n) is 0.658. The zero-order valence-electron chi connectivity index (χ0n) is 6.18. The van der Waals surface area contributed by atoms with Gasteiger partial charge in [-0.1, -0.05) is 0 Å². The molecular weight excluding hydrogens is 243 g/mol. The van der Waals surface area contributed by atoms with Crippen LogP contribution in [0.5, 0.6) is 0 Å². The number of rotatable bonds is 0. The van der Waals surface area contributed by atoms with Crippen LogP contribution in [0.2, 0.25) is 0 Å². The van der Waals surface area contributed by atoms with Crippen LogP contribution >= 0.6 is 0 Å². The third-order valence-corrected chi connectivity index (χ3v) is 0. The maximum absolute atomic E-state index is 8.52. The van der Waals surface area contributed by atoms with Crippen LogP contribution in [0.25, 0.3) is 0 Å². The Hall–Kier alpha value is 2.17. The molecule has 0 aliphatic heterocycles. The van der Waals surface area contributed by atoms with Crippen molar-refractivity contribution in [1.29, 1.82) is 0 Å². The Kier molecular flexibility index (Phi) is 38.1. The Bertz CT molecular complexity index is 166. The van der Waals surface area contributed by atoms with Crippen LogP contribution in [0.1, 0.15) is 0 Å². The summed E-state index contributed by atoms with van der Waals surface area (Å²) in [6, 6.07) is 0. The average molecular weight is 243 g/mol. The predicted molar refractivity (Wildman–Crippen MR) is 27.4 cm³/mol. The molecule has 0 amide bonds. The summed E-state index contributed by atoms with van der Waals surface area (Å²) in [6.07, 6.45) is -2.33. The van der Waals surface area contributed by atoms with Gasteiger partial charge in [-0.2, -0.15) is 0 Å². The van der Waals surface area contributed by atoms with Crippen molar-refractivity contribution in [2.24, 2.45) is 0 Å². The van der Waals surface area contributed by atoms with Gasteiger partial charge in [0, 0.05) is 10.4 Å². The van der Waals surface area contributed by atoms with Crippen LogP contribution in [0.15, 0.2) is 0 Å². The van der Waals surface area contributed by atoms with Gasteiger partial charge < -0.3 is 24.1 Å². The number of carboxylic acid groups (broad SMARTS) is 2. The summed E-state index contributed by atoms with van der Waals surface area (Å²) >= 11 is 0. The Labute approximate surface area is 137 Å². The topological polar surface area (TPSA) is 143 Å².